The molecule has 0 amide bonds. The van der Waals surface area contributed by atoms with Crippen LogP contribution >= 0.6 is 58.2 Å². The molecule has 1 aliphatic heterocycles. The molecule has 1 rings (SSSR count). The standard InChI is InChI=1S/C14H28ClNP.Al.4ClH/c1-11(2)16(12(3)4)17(15)10-8-9-13(17)14(5,6)7;;;;;/h8-9,11-13H,10H2,1-7H3;;4*1H/q+1;+3;;;;/p-4/t13-,17?;;;;;/m0...../s1. The predicted octanol–water partition coefficient (Wildman–Crippen LogP) is 7.55. The van der Waals surface area contributed by atoms with Crippen LogP contribution in [-0.4, -0.2) is 38.0 Å². The zero-order chi connectivity index (χ0) is 17.9. The minimum absolute atomic E-state index is 0.255. The van der Waals surface area contributed by atoms with Gasteiger partial charge < -0.3 is 40.2 Å². The Labute approximate surface area is 161 Å². The highest BCUT2D eigenvalue weighted by Crippen LogP contribution is 2.77. The lowest BCUT2D eigenvalue weighted by molar-refractivity contribution is 0.309. The van der Waals surface area contributed by atoms with Crippen molar-refractivity contribution in [2.24, 2.45) is 5.41 Å². The van der Waals surface area contributed by atoms with Crippen LogP contribution in [0.15, 0.2) is 12.2 Å². The first kappa shape index (κ1) is 24.1. The fraction of sp³-hybridized carbons (Fsp3) is 0.857. The second-order valence-corrected chi connectivity index (χ2v) is 24.7. The van der Waals surface area contributed by atoms with Crippen LogP contribution in [0.1, 0.15) is 48.5 Å². The maximum absolute atomic E-state index is 7.15. The Morgan fingerprint density at radius 2 is 1.41 bits per heavy atom. The molecule has 0 spiro atoms. The number of hydrogen-bond acceptors (Lipinski definition) is 1. The molecule has 0 saturated carbocycles. The third-order valence-corrected chi connectivity index (χ3v) is 9.22. The Bertz CT molecular complexity index is 364. The van der Waals surface area contributed by atoms with Crippen molar-refractivity contribution >= 4 is 67.6 Å². The summed E-state index contributed by atoms with van der Waals surface area (Å²) in [5.74, 6) is 0. The Morgan fingerprint density at radius 1 is 1.05 bits per heavy atom. The van der Waals surface area contributed by atoms with Gasteiger partial charge in [0.2, 0.25) is 0 Å². The molecule has 132 valence electrons. The Balaban J connectivity index is 0.000000763. The van der Waals surface area contributed by atoms with Gasteiger partial charge in [0.15, 0.2) is 6.77 Å². The molecule has 0 bridgehead atoms. The number of halogens is 5. The molecule has 22 heavy (non-hydrogen) atoms. The summed E-state index contributed by atoms with van der Waals surface area (Å²) < 4.78 is 2.57. The smallest absolute Gasteiger partial charge is 0.391 e. The molecule has 0 aromatic heterocycles. The van der Waals surface area contributed by atoms with E-state index >= 15 is 0 Å². The van der Waals surface area contributed by atoms with Crippen LogP contribution in [0.3, 0.4) is 0 Å². The van der Waals surface area contributed by atoms with E-state index in [4.69, 9.17) is 51.4 Å². The molecule has 0 N–H and O–H groups in total. The molecule has 0 aromatic carbocycles. The summed E-state index contributed by atoms with van der Waals surface area (Å²) >= 11 is 7.15. The zero-order valence-corrected chi connectivity index (χ0v) is 20.3. The van der Waals surface area contributed by atoms with E-state index in [2.05, 4.69) is 65.3 Å². The molecule has 1 nitrogen and oxygen atoms in total. The average molecular weight is 446 g/mol. The van der Waals surface area contributed by atoms with Crippen molar-refractivity contribution in [2.45, 2.75) is 66.2 Å². The normalized spacial score (nSPS) is 25.9. The minimum atomic E-state index is -2.94. The summed E-state index contributed by atoms with van der Waals surface area (Å²) in [6, 6.07) is 1.04. The molecule has 0 aromatic rings. The zero-order valence-electron chi connectivity index (χ0n) is 14.5. The molecule has 8 heteroatoms. The van der Waals surface area contributed by atoms with Gasteiger partial charge in [0, 0.05) is 17.5 Å². The molecule has 0 radical (unpaired) electrons. The van der Waals surface area contributed by atoms with Crippen LogP contribution in [0.25, 0.3) is 0 Å². The van der Waals surface area contributed by atoms with Crippen LogP contribution in [0, 0.1) is 5.41 Å². The first-order valence-corrected chi connectivity index (χ1v) is 17.4. The quantitative estimate of drug-likeness (QED) is 0.246. The summed E-state index contributed by atoms with van der Waals surface area (Å²) in [5.41, 5.74) is 0.770. The molecular weight excluding hydrogens is 417 g/mol. The lowest BCUT2D eigenvalue weighted by Crippen LogP contribution is -2.41. The third-order valence-electron chi connectivity index (χ3n) is 3.44. The van der Waals surface area contributed by atoms with Gasteiger partial charge in [-0.2, -0.15) is 4.67 Å². The monoisotopic (exact) mass is 443 g/mol. The fourth-order valence-corrected chi connectivity index (χ4v) is 9.66. The van der Waals surface area contributed by atoms with E-state index in [-0.39, 0.29) is 5.41 Å². The SMILES string of the molecule is CC(C)N(C(C)C)[P+]1(Cl)CC=C[C@H]1C(C)(C)C.[Cl][Al-]([Cl])([Cl])[Cl]. The summed E-state index contributed by atoms with van der Waals surface area (Å²) in [6.07, 6.45) is 5.72. The minimum Gasteiger partial charge on any atom is -0.391 e. The van der Waals surface area contributed by atoms with E-state index in [1.54, 1.807) is 0 Å². The molecule has 2 atom stereocenters. The van der Waals surface area contributed by atoms with Crippen LogP contribution in [0.2, 0.25) is 0 Å². The Kier molecular flexibility index (Phi) is 10.0. The molecule has 0 fully saturated rings. The van der Waals surface area contributed by atoms with E-state index in [1.165, 1.54) is 0 Å². The van der Waals surface area contributed by atoms with Gasteiger partial charge in [0.05, 0.1) is 0 Å². The Morgan fingerprint density at radius 3 is 1.68 bits per heavy atom. The lowest BCUT2D eigenvalue weighted by Gasteiger charge is -2.41. The van der Waals surface area contributed by atoms with Gasteiger partial charge in [-0.1, -0.05) is 20.8 Å². The summed E-state index contributed by atoms with van der Waals surface area (Å²) in [6.45, 7) is 14.4. The van der Waals surface area contributed by atoms with Crippen molar-refractivity contribution < 1.29 is 0 Å². The van der Waals surface area contributed by atoms with Crippen LogP contribution in [-0.2, 0) is 0 Å². The molecule has 0 aliphatic carbocycles. The fourth-order valence-electron chi connectivity index (χ4n) is 3.07. The van der Waals surface area contributed by atoms with E-state index in [1.807, 2.05) is 0 Å². The summed E-state index contributed by atoms with van der Waals surface area (Å²) in [5, 5.41) is 0. The van der Waals surface area contributed by atoms with Crippen molar-refractivity contribution in [2.75, 3.05) is 6.16 Å². The van der Waals surface area contributed by atoms with Crippen LogP contribution < -0.4 is 0 Å². The van der Waals surface area contributed by atoms with Crippen molar-refractivity contribution in [3.05, 3.63) is 12.2 Å². The highest BCUT2D eigenvalue weighted by molar-refractivity contribution is 7.98. The van der Waals surface area contributed by atoms with Gasteiger partial charge >= 0.3 is 9.39 Å². The average Bonchev–Trinajstić information content (AvgIpc) is 2.55. The van der Waals surface area contributed by atoms with Crippen LogP contribution in [0.5, 0.6) is 0 Å². The van der Waals surface area contributed by atoms with Crippen molar-refractivity contribution in [3.8, 4) is 0 Å². The van der Waals surface area contributed by atoms with Crippen molar-refractivity contribution in [1.29, 1.82) is 0 Å². The topological polar surface area (TPSA) is 3.24 Å². The van der Waals surface area contributed by atoms with Crippen molar-refractivity contribution in [3.63, 3.8) is 0 Å². The highest BCUT2D eigenvalue weighted by atomic mass is 35.9. The number of allylic oxidation sites excluding steroid dienone is 2. The molecule has 1 aliphatic rings. The van der Waals surface area contributed by atoms with Gasteiger partial charge in [0.1, 0.15) is 23.1 Å². The molecular formula is C14H28AlCl5NP. The predicted molar refractivity (Wildman–Crippen MR) is 111 cm³/mol. The largest absolute Gasteiger partial charge is 0.564 e. The maximum atomic E-state index is 7.15. The third kappa shape index (κ3) is 7.99. The lowest BCUT2D eigenvalue weighted by atomic mass is 9.92. The maximum Gasteiger partial charge on any atom is 0.564 e. The summed E-state index contributed by atoms with van der Waals surface area (Å²) in [7, 11) is 17.0. The van der Waals surface area contributed by atoms with E-state index < -0.39 is 16.2 Å². The molecule has 1 unspecified atom stereocenters. The molecule has 0 saturated heterocycles. The van der Waals surface area contributed by atoms with E-state index in [0.29, 0.717) is 17.7 Å². The number of hydrogen-bond donors (Lipinski definition) is 0. The van der Waals surface area contributed by atoms with Gasteiger partial charge in [0.25, 0.3) is 0 Å². The first-order valence-electron chi connectivity index (χ1n) is 7.51. The van der Waals surface area contributed by atoms with E-state index in [9.17, 15) is 0 Å². The second kappa shape index (κ2) is 9.17. The van der Waals surface area contributed by atoms with Crippen LogP contribution in [0.4, 0.5) is 0 Å². The van der Waals surface area contributed by atoms with Gasteiger partial charge in [-0.15, -0.1) is 0 Å². The van der Waals surface area contributed by atoms with Gasteiger partial charge in [-0.3, -0.25) is 0 Å². The summed E-state index contributed by atoms with van der Waals surface area (Å²) in [4.78, 5) is 0. The Hall–Kier alpha value is 2.11. The van der Waals surface area contributed by atoms with E-state index in [0.717, 1.165) is 6.16 Å². The second-order valence-electron chi connectivity index (χ2n) is 7.22. The van der Waals surface area contributed by atoms with Gasteiger partial charge in [-0.25, -0.2) is 0 Å². The molecule has 1 heterocycles. The van der Waals surface area contributed by atoms with Gasteiger partial charge in [-0.05, 0) is 39.8 Å². The highest BCUT2D eigenvalue weighted by Gasteiger charge is 2.57. The first-order chi connectivity index (χ1) is 9.60. The number of rotatable bonds is 3. The number of nitrogens with zero attached hydrogens (tertiary/aromatic N) is 1. The van der Waals surface area contributed by atoms with Crippen molar-refractivity contribution in [1.82, 2.24) is 4.67 Å².